The molecule has 0 aliphatic heterocycles. The van der Waals surface area contributed by atoms with Gasteiger partial charge >= 0.3 is 0 Å². The molecule has 0 spiro atoms. The summed E-state index contributed by atoms with van der Waals surface area (Å²) < 4.78 is 1.12. The highest BCUT2D eigenvalue weighted by molar-refractivity contribution is 6.92. The smallest absolute Gasteiger partial charge is 0.0780 e. The predicted octanol–water partition coefficient (Wildman–Crippen LogP) is 5.87. The molecule has 0 N–H and O–H groups in total. The highest BCUT2D eigenvalue weighted by Crippen LogP contribution is 2.12. The molecule has 0 saturated heterocycles. The van der Waals surface area contributed by atoms with Crippen molar-refractivity contribution in [1.82, 2.24) is 0 Å². The van der Waals surface area contributed by atoms with E-state index in [-0.39, 0.29) is 22.3 Å². The fourth-order valence-electron chi connectivity index (χ4n) is 2.43. The summed E-state index contributed by atoms with van der Waals surface area (Å²) in [5.74, 6) is 0. The number of hydrogen-bond acceptors (Lipinski definition) is 0. The van der Waals surface area contributed by atoms with Crippen molar-refractivity contribution in [2.24, 2.45) is 0 Å². The minimum atomic E-state index is 0. The minimum absolute atomic E-state index is 0. The largest absolute Gasteiger partial charge is 0.331 e. The highest BCUT2D eigenvalue weighted by Gasteiger charge is 2.04. The van der Waals surface area contributed by atoms with E-state index in [1.54, 1.807) is 0 Å². The van der Waals surface area contributed by atoms with Gasteiger partial charge in [0.05, 0.1) is 27.7 Å². The Bertz CT molecular complexity index is 169. The molecule has 0 fully saturated rings. The lowest BCUT2D eigenvalue weighted by Gasteiger charge is -2.23. The lowest BCUT2D eigenvalue weighted by molar-refractivity contribution is -0.870. The molecule has 0 aromatic rings. The first-order valence-electron chi connectivity index (χ1n) is 8.36. The van der Waals surface area contributed by atoms with Crippen LogP contribution in [-0.4, -0.2) is 32.2 Å². The van der Waals surface area contributed by atoms with Crippen LogP contribution in [0.5, 0.6) is 0 Å². The molecule has 0 heterocycles. The van der Waals surface area contributed by atoms with Crippen LogP contribution >= 0.6 is 22.3 Å². The van der Waals surface area contributed by atoms with Crippen molar-refractivity contribution in [2.45, 2.75) is 84.0 Å². The van der Waals surface area contributed by atoms with Gasteiger partial charge in [-0.05, 0) is 12.8 Å². The average molecular weight is 327 g/mol. The van der Waals surface area contributed by atoms with Crippen LogP contribution in [-0.2, 0) is 0 Å². The van der Waals surface area contributed by atoms with Crippen LogP contribution in [0, 0.1) is 0 Å². The van der Waals surface area contributed by atoms with E-state index >= 15 is 0 Å². The van der Waals surface area contributed by atoms with Crippen molar-refractivity contribution in [2.75, 3.05) is 27.7 Å². The van der Waals surface area contributed by atoms with Gasteiger partial charge in [0.2, 0.25) is 0 Å². The van der Waals surface area contributed by atoms with Crippen LogP contribution in [0.3, 0.4) is 0 Å². The Labute approximate surface area is 138 Å². The molecule has 1 nitrogen and oxygen atoms in total. The van der Waals surface area contributed by atoms with E-state index < -0.39 is 0 Å². The van der Waals surface area contributed by atoms with E-state index in [0.29, 0.717) is 0 Å². The van der Waals surface area contributed by atoms with E-state index in [4.69, 9.17) is 0 Å². The van der Waals surface area contributed by atoms with Gasteiger partial charge in [-0.2, -0.15) is 9.90 Å². The summed E-state index contributed by atoms with van der Waals surface area (Å²) in [5.41, 5.74) is 0. The Morgan fingerprint density at radius 1 is 0.550 bits per heavy atom. The van der Waals surface area contributed by atoms with Gasteiger partial charge in [-0.3, -0.25) is 0 Å². The third-order valence-electron chi connectivity index (χ3n) is 3.68. The first-order valence-corrected chi connectivity index (χ1v) is 8.36. The van der Waals surface area contributed by atoms with Crippen LogP contribution in [0.1, 0.15) is 84.0 Å². The Balaban J connectivity index is -0.00000144. The molecule has 0 rings (SSSR count). The number of halogens is 1. The zero-order chi connectivity index (χ0) is 13.7. The quantitative estimate of drug-likeness (QED) is 0.225. The molecule has 126 valence electrons. The molecule has 1 unspecified atom stereocenters. The monoisotopic (exact) mass is 326 g/mol. The fraction of sp³-hybridized carbons (Fsp3) is 1.00. The molecule has 0 bridgehead atoms. The number of unbranched alkanes of at least 4 members (excludes halogenated alkanes) is 11. The third kappa shape index (κ3) is 23.7. The molecule has 0 aromatic carbocycles. The maximum Gasteiger partial charge on any atom is 0.0780 e. The third-order valence-corrected chi connectivity index (χ3v) is 3.68. The van der Waals surface area contributed by atoms with Crippen molar-refractivity contribution in [1.29, 1.82) is 0 Å². The molecule has 0 radical (unpaired) electrons. The van der Waals surface area contributed by atoms with Crippen LogP contribution in [0.4, 0.5) is 0 Å². The van der Waals surface area contributed by atoms with Crippen molar-refractivity contribution < 1.29 is 4.48 Å². The first-order chi connectivity index (χ1) is 8.56. The molecular weight excluding hydrogens is 285 g/mol. The summed E-state index contributed by atoms with van der Waals surface area (Å²) in [5, 5.41) is 0. The predicted molar refractivity (Wildman–Crippen MR) is 102 cm³/mol. The number of rotatable bonds is 13. The van der Waals surface area contributed by atoms with Crippen molar-refractivity contribution in [3.8, 4) is 0 Å². The van der Waals surface area contributed by atoms with E-state index in [2.05, 4.69) is 28.1 Å². The molecule has 20 heavy (non-hydrogen) atoms. The topological polar surface area (TPSA) is 0 Å². The summed E-state index contributed by atoms with van der Waals surface area (Å²) in [4.78, 5) is 0. The van der Waals surface area contributed by atoms with Crippen LogP contribution < -0.4 is 0 Å². The van der Waals surface area contributed by atoms with Crippen LogP contribution in [0.25, 0.3) is 0 Å². The van der Waals surface area contributed by atoms with E-state index in [1.807, 2.05) is 0 Å². The zero-order valence-corrected chi connectivity index (χ0v) is 17.0. The Morgan fingerprint density at radius 3 is 1.15 bits per heavy atom. The lowest BCUT2D eigenvalue weighted by atomic mass is 10.1. The van der Waals surface area contributed by atoms with Gasteiger partial charge < -0.3 is 4.48 Å². The maximum atomic E-state index is 2.29. The van der Waals surface area contributed by atoms with Gasteiger partial charge in [0.25, 0.3) is 0 Å². The average Bonchev–Trinajstić information content (AvgIpc) is 2.29. The second-order valence-electron chi connectivity index (χ2n) is 6.90. The lowest BCUT2D eigenvalue weighted by Crippen LogP contribution is -2.35. The number of quaternary nitrogens is 1. The van der Waals surface area contributed by atoms with Crippen molar-refractivity contribution in [3.63, 3.8) is 0 Å². The summed E-state index contributed by atoms with van der Waals surface area (Å²) >= 11 is 0. The molecule has 0 aromatic heterocycles. The van der Waals surface area contributed by atoms with Gasteiger partial charge in [-0.1, -0.05) is 71.1 Å². The summed E-state index contributed by atoms with van der Waals surface area (Å²) in [6.07, 6.45) is 17.4. The molecular formula is C17H42ClNP+. The minimum Gasteiger partial charge on any atom is -0.331 e. The number of nitrogens with zero attached hydrogens (tertiary/aromatic N) is 1. The van der Waals surface area contributed by atoms with Crippen molar-refractivity contribution in [3.05, 3.63) is 0 Å². The molecule has 0 aliphatic carbocycles. The Morgan fingerprint density at radius 2 is 0.850 bits per heavy atom. The molecule has 0 saturated carbocycles. The normalized spacial score (nSPS) is 10.8. The van der Waals surface area contributed by atoms with Gasteiger partial charge in [0.1, 0.15) is 0 Å². The molecule has 1 atom stereocenters. The van der Waals surface area contributed by atoms with Crippen LogP contribution in [0.15, 0.2) is 0 Å². The Hall–Kier alpha value is 0.680. The van der Waals surface area contributed by atoms with Gasteiger partial charge in [0, 0.05) is 0 Å². The van der Waals surface area contributed by atoms with Gasteiger partial charge in [-0.25, -0.2) is 0 Å². The summed E-state index contributed by atoms with van der Waals surface area (Å²) in [7, 11) is 6.87. The van der Waals surface area contributed by atoms with Crippen LogP contribution in [0.2, 0.25) is 0 Å². The highest BCUT2D eigenvalue weighted by atomic mass is 35.5. The van der Waals surface area contributed by atoms with Crippen molar-refractivity contribution >= 4 is 22.3 Å². The molecule has 0 amide bonds. The zero-order valence-electron chi connectivity index (χ0n) is 14.8. The van der Waals surface area contributed by atoms with E-state index in [0.717, 1.165) is 4.48 Å². The summed E-state index contributed by atoms with van der Waals surface area (Å²) in [6.45, 7) is 3.62. The Kier molecular flexibility index (Phi) is 22.7. The molecule has 0 aliphatic rings. The fourth-order valence-corrected chi connectivity index (χ4v) is 2.43. The maximum absolute atomic E-state index is 2.29. The number of hydrogen-bond donors (Lipinski definition) is 0. The van der Waals surface area contributed by atoms with E-state index in [9.17, 15) is 0 Å². The van der Waals surface area contributed by atoms with Gasteiger partial charge in [0.15, 0.2) is 0 Å². The summed E-state index contributed by atoms with van der Waals surface area (Å²) in [6, 6.07) is 0. The second kappa shape index (κ2) is 17.7. The van der Waals surface area contributed by atoms with E-state index in [1.165, 1.54) is 83.6 Å². The SMILES string of the molecule is CCCCCCCCCCCCCC[N+](C)(C)C.Cl.P. The first kappa shape index (κ1) is 25.6. The van der Waals surface area contributed by atoms with Gasteiger partial charge in [-0.15, -0.1) is 12.4 Å². The molecule has 3 heteroatoms. The standard InChI is InChI=1S/C17H38N.ClH.H3P/c1-5-6-7-8-9-10-11-12-13-14-15-16-17-18(2,3)4;;/h5-17H2,1-4H3;1H;1H3/q+1;;. The second-order valence-corrected chi connectivity index (χ2v) is 6.90.